The normalized spacial score (nSPS) is 11.1. The summed E-state index contributed by atoms with van der Waals surface area (Å²) in [7, 11) is 0. The summed E-state index contributed by atoms with van der Waals surface area (Å²) in [4.78, 5) is 4.64. The van der Waals surface area contributed by atoms with E-state index in [1.165, 1.54) is 21.7 Å². The van der Waals surface area contributed by atoms with Gasteiger partial charge in [-0.3, -0.25) is 4.98 Å². The molecule has 0 saturated heterocycles. The molecule has 0 saturated carbocycles. The van der Waals surface area contributed by atoms with Crippen molar-refractivity contribution in [2.24, 2.45) is 0 Å². The summed E-state index contributed by atoms with van der Waals surface area (Å²) in [5.74, 6) is 0. The van der Waals surface area contributed by atoms with E-state index in [2.05, 4.69) is 55.2 Å². The van der Waals surface area contributed by atoms with Crippen molar-refractivity contribution in [1.29, 1.82) is 0 Å². The predicted molar refractivity (Wildman–Crippen MR) is 68.7 cm³/mol. The van der Waals surface area contributed by atoms with Crippen molar-refractivity contribution in [2.75, 3.05) is 0 Å². The molecule has 0 aliphatic carbocycles. The van der Waals surface area contributed by atoms with Gasteiger partial charge >= 0.3 is 0 Å². The number of hydrogen-bond donors (Lipinski definition) is 0. The highest BCUT2D eigenvalue weighted by molar-refractivity contribution is 6.06. The molecule has 16 heavy (non-hydrogen) atoms. The largest absolute Gasteiger partial charge is 0.252 e. The van der Waals surface area contributed by atoms with Crippen LogP contribution in [0.25, 0.3) is 21.7 Å². The molecule has 0 radical (unpaired) electrons. The molecule has 1 aromatic heterocycles. The quantitative estimate of drug-likeness (QED) is 0.508. The maximum atomic E-state index is 4.64. The topological polar surface area (TPSA) is 12.9 Å². The van der Waals surface area contributed by atoms with E-state index in [9.17, 15) is 0 Å². The van der Waals surface area contributed by atoms with Crippen LogP contribution >= 0.6 is 0 Å². The minimum absolute atomic E-state index is 1.08. The highest BCUT2D eigenvalue weighted by Crippen LogP contribution is 2.26. The summed E-state index contributed by atoms with van der Waals surface area (Å²) in [6.07, 6.45) is 0. The molecule has 0 N–H and O–H groups in total. The van der Waals surface area contributed by atoms with Gasteiger partial charge in [0.05, 0.1) is 5.52 Å². The summed E-state index contributed by atoms with van der Waals surface area (Å²) < 4.78 is 0. The number of para-hydroxylation sites is 1. The van der Waals surface area contributed by atoms with Crippen molar-refractivity contribution < 1.29 is 0 Å². The van der Waals surface area contributed by atoms with Gasteiger partial charge in [-0.1, -0.05) is 35.9 Å². The van der Waals surface area contributed by atoms with Crippen LogP contribution < -0.4 is 0 Å². The van der Waals surface area contributed by atoms with E-state index in [1.54, 1.807) is 0 Å². The number of aryl methyl sites for hydroxylation is 2. The smallest absolute Gasteiger partial charge is 0.0711 e. The highest BCUT2D eigenvalue weighted by atomic mass is 14.7. The van der Waals surface area contributed by atoms with E-state index in [0.29, 0.717) is 0 Å². The van der Waals surface area contributed by atoms with Crippen molar-refractivity contribution in [3.63, 3.8) is 0 Å². The van der Waals surface area contributed by atoms with Gasteiger partial charge in [-0.15, -0.1) is 0 Å². The van der Waals surface area contributed by atoms with Gasteiger partial charge in [0.2, 0.25) is 0 Å². The molecule has 0 unspecified atom stereocenters. The molecule has 0 fully saturated rings. The molecule has 3 aromatic rings. The van der Waals surface area contributed by atoms with Crippen LogP contribution in [0.15, 0.2) is 42.5 Å². The molecule has 1 heterocycles. The third-order valence-electron chi connectivity index (χ3n) is 3.05. The van der Waals surface area contributed by atoms with Crippen LogP contribution in [-0.2, 0) is 0 Å². The van der Waals surface area contributed by atoms with Gasteiger partial charge in [0.15, 0.2) is 0 Å². The zero-order valence-corrected chi connectivity index (χ0v) is 9.49. The Morgan fingerprint density at radius 2 is 1.62 bits per heavy atom. The van der Waals surface area contributed by atoms with Crippen LogP contribution in [0.1, 0.15) is 11.3 Å². The van der Waals surface area contributed by atoms with Crippen LogP contribution in [0.3, 0.4) is 0 Å². The monoisotopic (exact) mass is 207 g/mol. The maximum Gasteiger partial charge on any atom is 0.0711 e. The summed E-state index contributed by atoms with van der Waals surface area (Å²) in [5.41, 5.74) is 3.47. The average molecular weight is 207 g/mol. The Balaban J connectivity index is 2.59. The Kier molecular flexibility index (Phi) is 1.93. The van der Waals surface area contributed by atoms with E-state index in [4.69, 9.17) is 0 Å². The van der Waals surface area contributed by atoms with E-state index in [1.807, 2.05) is 6.07 Å². The summed E-state index contributed by atoms with van der Waals surface area (Å²) in [5, 5.41) is 3.80. The third-order valence-corrected chi connectivity index (χ3v) is 3.05. The molecule has 0 aliphatic heterocycles. The standard InChI is InChI=1S/C15H13N/c1-10-7-8-12-13-5-3-4-6-15(13)16-11(2)14(12)9-10/h3-9H,1-2H3. The average Bonchev–Trinajstić information content (AvgIpc) is 2.29. The SMILES string of the molecule is Cc1ccc2c(c1)c(C)nc1ccccc12. The summed E-state index contributed by atoms with van der Waals surface area (Å²) >= 11 is 0. The van der Waals surface area contributed by atoms with Crippen molar-refractivity contribution in [1.82, 2.24) is 4.98 Å². The van der Waals surface area contributed by atoms with Gasteiger partial charge in [-0.2, -0.15) is 0 Å². The molecule has 3 rings (SSSR count). The molecule has 0 spiro atoms. The van der Waals surface area contributed by atoms with E-state index in [-0.39, 0.29) is 0 Å². The van der Waals surface area contributed by atoms with E-state index >= 15 is 0 Å². The van der Waals surface area contributed by atoms with Gasteiger partial charge in [-0.25, -0.2) is 0 Å². The van der Waals surface area contributed by atoms with Crippen molar-refractivity contribution in [2.45, 2.75) is 13.8 Å². The van der Waals surface area contributed by atoms with Gasteiger partial charge < -0.3 is 0 Å². The second kappa shape index (κ2) is 3.31. The summed E-state index contributed by atoms with van der Waals surface area (Å²) in [6, 6.07) is 14.9. The Bertz CT molecular complexity index is 683. The third kappa shape index (κ3) is 1.28. The van der Waals surface area contributed by atoms with Crippen LogP contribution in [0.5, 0.6) is 0 Å². The van der Waals surface area contributed by atoms with E-state index < -0.39 is 0 Å². The minimum atomic E-state index is 1.08. The molecule has 1 heteroatoms. The van der Waals surface area contributed by atoms with Crippen LogP contribution in [0.2, 0.25) is 0 Å². The number of nitrogens with zero attached hydrogens (tertiary/aromatic N) is 1. The molecule has 1 nitrogen and oxygen atoms in total. The lowest BCUT2D eigenvalue weighted by Gasteiger charge is -2.07. The van der Waals surface area contributed by atoms with E-state index in [0.717, 1.165) is 11.2 Å². The molecule has 2 aromatic carbocycles. The zero-order valence-electron chi connectivity index (χ0n) is 9.49. The molecule has 0 atom stereocenters. The summed E-state index contributed by atoms with van der Waals surface area (Å²) in [6.45, 7) is 4.20. The number of fused-ring (bicyclic) bond motifs is 3. The first-order valence-electron chi connectivity index (χ1n) is 5.51. The number of aromatic nitrogens is 1. The lowest BCUT2D eigenvalue weighted by atomic mass is 10.0. The van der Waals surface area contributed by atoms with Gasteiger partial charge in [0, 0.05) is 16.5 Å². The molecule has 0 bridgehead atoms. The Morgan fingerprint density at radius 1 is 0.812 bits per heavy atom. The first kappa shape index (κ1) is 9.34. The first-order chi connectivity index (χ1) is 7.75. The molecule has 78 valence electrons. The fourth-order valence-electron chi connectivity index (χ4n) is 2.23. The Morgan fingerprint density at radius 3 is 2.50 bits per heavy atom. The first-order valence-corrected chi connectivity index (χ1v) is 5.51. The van der Waals surface area contributed by atoms with Crippen LogP contribution in [-0.4, -0.2) is 4.98 Å². The lowest BCUT2D eigenvalue weighted by molar-refractivity contribution is 1.29. The molecular formula is C15H13N. The molecule has 0 amide bonds. The second-order valence-electron chi connectivity index (χ2n) is 4.26. The fourth-order valence-corrected chi connectivity index (χ4v) is 2.23. The number of pyridine rings is 1. The number of benzene rings is 2. The zero-order chi connectivity index (χ0) is 11.1. The highest BCUT2D eigenvalue weighted by Gasteiger charge is 2.04. The molecular weight excluding hydrogens is 194 g/mol. The number of hydrogen-bond acceptors (Lipinski definition) is 1. The Labute approximate surface area is 94.7 Å². The van der Waals surface area contributed by atoms with Crippen molar-refractivity contribution in [3.05, 3.63) is 53.7 Å². The number of rotatable bonds is 0. The van der Waals surface area contributed by atoms with Crippen LogP contribution in [0.4, 0.5) is 0 Å². The van der Waals surface area contributed by atoms with Crippen LogP contribution in [0, 0.1) is 13.8 Å². The Hall–Kier alpha value is -1.89. The molecule has 0 aliphatic rings. The minimum Gasteiger partial charge on any atom is -0.252 e. The second-order valence-corrected chi connectivity index (χ2v) is 4.26. The van der Waals surface area contributed by atoms with Gasteiger partial charge in [0.1, 0.15) is 0 Å². The maximum absolute atomic E-state index is 4.64. The van der Waals surface area contributed by atoms with Crippen molar-refractivity contribution in [3.8, 4) is 0 Å². The van der Waals surface area contributed by atoms with Gasteiger partial charge in [-0.05, 0) is 31.4 Å². The lowest BCUT2D eigenvalue weighted by Crippen LogP contribution is -1.88. The predicted octanol–water partition coefficient (Wildman–Crippen LogP) is 4.00. The fraction of sp³-hybridized carbons (Fsp3) is 0.133. The van der Waals surface area contributed by atoms with Crippen molar-refractivity contribution >= 4 is 21.7 Å². The van der Waals surface area contributed by atoms with Gasteiger partial charge in [0.25, 0.3) is 0 Å².